The minimum absolute atomic E-state index is 0.0455. The van der Waals surface area contributed by atoms with Crippen LogP contribution in [0.4, 0.5) is 0 Å². The second kappa shape index (κ2) is 7.71. The predicted molar refractivity (Wildman–Crippen MR) is 97.7 cm³/mol. The van der Waals surface area contributed by atoms with Gasteiger partial charge in [-0.1, -0.05) is 24.3 Å². The third-order valence-corrected chi connectivity index (χ3v) is 5.36. The molecule has 0 saturated carbocycles. The van der Waals surface area contributed by atoms with Gasteiger partial charge in [0.2, 0.25) is 11.8 Å². The van der Waals surface area contributed by atoms with Gasteiger partial charge in [-0.15, -0.1) is 6.58 Å². The third kappa shape index (κ3) is 3.49. The average Bonchev–Trinajstić information content (AvgIpc) is 2.96. The van der Waals surface area contributed by atoms with E-state index < -0.39 is 5.66 Å². The lowest BCUT2D eigenvalue weighted by Crippen LogP contribution is -2.59. The fourth-order valence-corrected chi connectivity index (χ4v) is 3.80. The molecule has 0 aliphatic carbocycles. The molecule has 2 aliphatic rings. The van der Waals surface area contributed by atoms with Crippen molar-refractivity contribution in [1.82, 2.24) is 15.1 Å². The molecule has 6 heteroatoms. The van der Waals surface area contributed by atoms with E-state index in [4.69, 9.17) is 0 Å². The maximum absolute atomic E-state index is 12.5. The van der Waals surface area contributed by atoms with Crippen LogP contribution in [0.5, 0.6) is 0 Å². The van der Waals surface area contributed by atoms with Crippen molar-refractivity contribution < 1.29 is 9.59 Å². The van der Waals surface area contributed by atoms with Gasteiger partial charge in [-0.2, -0.15) is 5.26 Å². The van der Waals surface area contributed by atoms with Gasteiger partial charge in [-0.05, 0) is 18.1 Å². The molecule has 2 saturated heterocycles. The highest BCUT2D eigenvalue weighted by Gasteiger charge is 2.47. The molecule has 0 atom stereocenters. The van der Waals surface area contributed by atoms with Gasteiger partial charge < -0.3 is 9.80 Å². The second-order valence-electron chi connectivity index (χ2n) is 6.84. The van der Waals surface area contributed by atoms with Crippen molar-refractivity contribution in [2.45, 2.75) is 37.9 Å². The molecule has 1 spiro atoms. The van der Waals surface area contributed by atoms with E-state index in [1.165, 1.54) is 0 Å². The topological polar surface area (TPSA) is 76.4 Å². The number of nitrogens with one attached hydrogen (secondary N) is 1. The maximum atomic E-state index is 12.5. The Morgan fingerprint density at radius 1 is 1.35 bits per heavy atom. The lowest BCUT2D eigenvalue weighted by Gasteiger charge is -2.44. The van der Waals surface area contributed by atoms with Crippen molar-refractivity contribution in [3.63, 3.8) is 0 Å². The van der Waals surface area contributed by atoms with Crippen LogP contribution in [0.15, 0.2) is 36.9 Å². The first-order chi connectivity index (χ1) is 12.6. The van der Waals surface area contributed by atoms with E-state index in [1.54, 1.807) is 12.1 Å². The van der Waals surface area contributed by atoms with E-state index in [2.05, 4.69) is 18.0 Å². The second-order valence-corrected chi connectivity index (χ2v) is 6.84. The van der Waals surface area contributed by atoms with Crippen molar-refractivity contribution in [3.05, 3.63) is 48.0 Å². The highest BCUT2D eigenvalue weighted by molar-refractivity contribution is 5.82. The summed E-state index contributed by atoms with van der Waals surface area (Å²) in [6.07, 6.45) is 4.34. The van der Waals surface area contributed by atoms with Crippen LogP contribution in [-0.2, 0) is 16.1 Å². The number of piperidine rings is 1. The molecule has 26 heavy (non-hydrogen) atoms. The summed E-state index contributed by atoms with van der Waals surface area (Å²) in [5.41, 5.74) is 1.03. The monoisotopic (exact) mass is 352 g/mol. The summed E-state index contributed by atoms with van der Waals surface area (Å²) in [5, 5.41) is 12.7. The van der Waals surface area contributed by atoms with Crippen LogP contribution in [0.3, 0.4) is 0 Å². The Hall–Kier alpha value is -2.65. The SMILES string of the molecule is C=CCCC(=O)N1CCC2(CC1)NCC(=O)N2Cc1ccccc1C#N. The van der Waals surface area contributed by atoms with Gasteiger partial charge in [0.15, 0.2) is 0 Å². The van der Waals surface area contributed by atoms with Crippen molar-refractivity contribution in [3.8, 4) is 6.07 Å². The molecule has 1 aromatic carbocycles. The Kier molecular flexibility index (Phi) is 5.38. The van der Waals surface area contributed by atoms with Crippen LogP contribution in [0.25, 0.3) is 0 Å². The summed E-state index contributed by atoms with van der Waals surface area (Å²) < 4.78 is 0. The summed E-state index contributed by atoms with van der Waals surface area (Å²) >= 11 is 0. The summed E-state index contributed by atoms with van der Waals surface area (Å²) in [6.45, 7) is 5.64. The van der Waals surface area contributed by atoms with Gasteiger partial charge in [-0.3, -0.25) is 14.9 Å². The molecule has 136 valence electrons. The minimum atomic E-state index is -0.422. The van der Waals surface area contributed by atoms with Crippen molar-refractivity contribution in [2.75, 3.05) is 19.6 Å². The molecule has 6 nitrogen and oxygen atoms in total. The number of nitrogens with zero attached hydrogens (tertiary/aromatic N) is 3. The smallest absolute Gasteiger partial charge is 0.238 e. The molecular formula is C20H24N4O2. The lowest BCUT2D eigenvalue weighted by atomic mass is 9.94. The zero-order valence-electron chi connectivity index (χ0n) is 14.9. The van der Waals surface area contributed by atoms with E-state index in [0.717, 1.165) is 5.56 Å². The summed E-state index contributed by atoms with van der Waals surface area (Å²) in [7, 11) is 0. The summed E-state index contributed by atoms with van der Waals surface area (Å²) in [4.78, 5) is 28.5. The number of carbonyl (C=O) groups excluding carboxylic acids is 2. The summed E-state index contributed by atoms with van der Waals surface area (Å²) in [6, 6.07) is 9.58. The van der Waals surface area contributed by atoms with E-state index >= 15 is 0 Å². The molecule has 2 heterocycles. The first-order valence-corrected chi connectivity index (χ1v) is 9.02. The third-order valence-electron chi connectivity index (χ3n) is 5.36. The Balaban J connectivity index is 1.71. The number of nitriles is 1. The van der Waals surface area contributed by atoms with Gasteiger partial charge in [0.1, 0.15) is 0 Å². The first kappa shape index (κ1) is 18.2. The van der Waals surface area contributed by atoms with Crippen LogP contribution >= 0.6 is 0 Å². The predicted octanol–water partition coefficient (Wildman–Crippen LogP) is 1.77. The standard InChI is InChI=1S/C20H24N4O2/c1-2-3-8-18(25)23-11-9-20(10-12-23)22-14-19(26)24(20)15-17-7-5-4-6-16(17)13-21/h2,4-7,22H,1,3,8-12,14-15H2. The normalized spacial score (nSPS) is 18.8. The highest BCUT2D eigenvalue weighted by Crippen LogP contribution is 2.32. The van der Waals surface area contributed by atoms with Crippen LogP contribution < -0.4 is 5.32 Å². The number of likely N-dealkylation sites (tertiary alicyclic amines) is 1. The number of hydrogen-bond acceptors (Lipinski definition) is 4. The lowest BCUT2D eigenvalue weighted by molar-refractivity contribution is -0.137. The molecule has 0 radical (unpaired) electrons. The van der Waals surface area contributed by atoms with Crippen molar-refractivity contribution >= 4 is 11.8 Å². The molecule has 2 aliphatic heterocycles. The summed E-state index contributed by atoms with van der Waals surface area (Å²) in [5.74, 6) is 0.189. The number of amides is 2. The van der Waals surface area contributed by atoms with Crippen LogP contribution in [0, 0.1) is 11.3 Å². The number of hydrogen-bond donors (Lipinski definition) is 1. The quantitative estimate of drug-likeness (QED) is 0.820. The largest absolute Gasteiger partial charge is 0.342 e. The van der Waals surface area contributed by atoms with E-state index in [9.17, 15) is 14.9 Å². The van der Waals surface area contributed by atoms with Crippen molar-refractivity contribution in [1.29, 1.82) is 5.26 Å². The van der Waals surface area contributed by atoms with Crippen LogP contribution in [0.2, 0.25) is 0 Å². The molecule has 2 fully saturated rings. The zero-order valence-corrected chi connectivity index (χ0v) is 14.9. The fourth-order valence-electron chi connectivity index (χ4n) is 3.80. The molecule has 0 aromatic heterocycles. The Labute approximate surface area is 154 Å². The van der Waals surface area contributed by atoms with Gasteiger partial charge in [-0.25, -0.2) is 0 Å². The Morgan fingerprint density at radius 2 is 2.08 bits per heavy atom. The van der Waals surface area contributed by atoms with E-state index in [-0.39, 0.29) is 11.8 Å². The molecule has 0 bridgehead atoms. The first-order valence-electron chi connectivity index (χ1n) is 9.02. The number of carbonyl (C=O) groups is 2. The highest BCUT2D eigenvalue weighted by atomic mass is 16.2. The fraction of sp³-hybridized carbons (Fsp3) is 0.450. The van der Waals surface area contributed by atoms with Gasteiger partial charge in [0.25, 0.3) is 0 Å². The number of allylic oxidation sites excluding steroid dienone is 1. The minimum Gasteiger partial charge on any atom is -0.342 e. The molecule has 3 rings (SSSR count). The Bertz CT molecular complexity index is 744. The molecule has 0 unspecified atom stereocenters. The van der Waals surface area contributed by atoms with Gasteiger partial charge in [0.05, 0.1) is 23.8 Å². The number of rotatable bonds is 5. The average molecular weight is 352 g/mol. The van der Waals surface area contributed by atoms with Crippen LogP contribution in [0.1, 0.15) is 36.8 Å². The van der Waals surface area contributed by atoms with Crippen LogP contribution in [-0.4, -0.2) is 46.9 Å². The van der Waals surface area contributed by atoms with E-state index in [0.29, 0.717) is 57.4 Å². The molecule has 1 N–H and O–H groups in total. The number of benzene rings is 1. The molecular weight excluding hydrogens is 328 g/mol. The van der Waals surface area contributed by atoms with Gasteiger partial charge >= 0.3 is 0 Å². The molecule has 2 amide bonds. The maximum Gasteiger partial charge on any atom is 0.238 e. The van der Waals surface area contributed by atoms with Gasteiger partial charge in [0, 0.05) is 38.9 Å². The van der Waals surface area contributed by atoms with E-state index in [1.807, 2.05) is 28.0 Å². The Morgan fingerprint density at radius 3 is 2.77 bits per heavy atom. The zero-order chi connectivity index (χ0) is 18.6. The molecule has 1 aromatic rings. The van der Waals surface area contributed by atoms with Crippen molar-refractivity contribution in [2.24, 2.45) is 0 Å².